The molecular formula is H2N4+. The van der Waals surface area contributed by atoms with Crippen LogP contribution in [0.3, 0.4) is 0 Å². The number of azide groups is 1. The van der Waals surface area contributed by atoms with Crippen molar-refractivity contribution in [3.8, 4) is 0 Å². The van der Waals surface area contributed by atoms with Crippen molar-refractivity contribution >= 4 is 0 Å². The van der Waals surface area contributed by atoms with Crippen molar-refractivity contribution in [2.75, 3.05) is 0 Å². The van der Waals surface area contributed by atoms with E-state index >= 15 is 0 Å². The Balaban J connectivity index is 3.11. The fourth-order valence-corrected chi connectivity index (χ4v) is 0. The van der Waals surface area contributed by atoms with Crippen molar-refractivity contribution in [1.29, 1.82) is 0 Å². The second-order valence-electron chi connectivity index (χ2n) is 0.205. The van der Waals surface area contributed by atoms with E-state index in [4.69, 9.17) is 5.53 Å². The minimum Gasteiger partial charge on any atom is -0.180 e. The zero-order valence-electron chi connectivity index (χ0n) is 1.92. The average molecular weight is 58.0 g/mol. The van der Waals surface area contributed by atoms with Gasteiger partial charge in [-0.15, -0.1) is 0 Å². The van der Waals surface area contributed by atoms with Gasteiger partial charge in [0.15, 0.2) is 0 Å². The van der Waals surface area contributed by atoms with E-state index in [1.165, 1.54) is 0 Å². The molecule has 4 heavy (non-hydrogen) atoms. The average Bonchev–Trinajstić information content (AvgIpc) is 1.37. The summed E-state index contributed by atoms with van der Waals surface area (Å²) in [7, 11) is 0. The van der Waals surface area contributed by atoms with Gasteiger partial charge >= 0.3 is 0 Å². The van der Waals surface area contributed by atoms with E-state index in [1.54, 1.807) is 0 Å². The molecule has 4 nitrogen and oxygen atoms in total. The van der Waals surface area contributed by atoms with Gasteiger partial charge in [0.1, 0.15) is 0 Å². The van der Waals surface area contributed by atoms with Crippen LogP contribution < -0.4 is 11.1 Å². The van der Waals surface area contributed by atoms with E-state index in [0.717, 1.165) is 0 Å². The van der Waals surface area contributed by atoms with Gasteiger partial charge < -0.3 is 0 Å². The smallest absolute Gasteiger partial charge is 0.180 e. The molecular weight excluding hydrogens is 56.0 g/mol. The summed E-state index contributed by atoms with van der Waals surface area (Å²) in [6.07, 6.45) is 0. The standard InChI is InChI=1S/H2N4/c1-3-4-2/h1H2/q+1. The number of hydrogen-bond acceptors (Lipinski definition) is 1. The second-order valence-corrected chi connectivity index (χ2v) is 0.205. The van der Waals surface area contributed by atoms with Crippen LogP contribution in [0.15, 0.2) is 0 Å². The number of nitrogens with two attached hydrogens (primary N) is 1. The van der Waals surface area contributed by atoms with E-state index in [-0.39, 0.29) is 0 Å². The Morgan fingerprint density at radius 1 is 1.75 bits per heavy atom. The highest BCUT2D eigenvalue weighted by Gasteiger charge is 1.40. The maximum atomic E-state index is 7.21. The van der Waals surface area contributed by atoms with E-state index in [9.17, 15) is 0 Å². The third kappa shape index (κ3) is 1.11. The lowest BCUT2D eigenvalue weighted by atomic mass is 12.7. The van der Waals surface area contributed by atoms with Gasteiger partial charge in [0.05, 0.1) is 4.91 Å². The third-order valence-corrected chi connectivity index (χ3v) is 0.0516. The molecule has 0 saturated heterocycles. The van der Waals surface area contributed by atoms with Crippen LogP contribution in [0.1, 0.15) is 0 Å². The summed E-state index contributed by atoms with van der Waals surface area (Å²) in [6, 6.07) is 0. The van der Waals surface area contributed by atoms with Crippen molar-refractivity contribution < 1.29 is 0 Å². The lowest BCUT2D eigenvalue weighted by molar-refractivity contribution is 1.06. The predicted octanol–water partition coefficient (Wildman–Crippen LogP) is -0.494. The first-order valence-corrected chi connectivity index (χ1v) is 0.658. The monoisotopic (exact) mass is 58.0 g/mol. The summed E-state index contributed by atoms with van der Waals surface area (Å²) in [5, 5.41) is 2.42. The fourth-order valence-electron chi connectivity index (χ4n) is 0. The SMILES string of the molecule is [N-]=[N+]=[N+]N. The zero-order chi connectivity index (χ0) is 3.41. The summed E-state index contributed by atoms with van der Waals surface area (Å²) in [6.45, 7) is 0. The Bertz CT molecular complexity index is 38.0. The van der Waals surface area contributed by atoms with Gasteiger partial charge in [-0.25, -0.2) is 0 Å². The molecule has 0 rings (SSSR count). The number of nitrogens with zero attached hydrogens (tertiary/aromatic N) is 3. The molecule has 0 amide bonds. The van der Waals surface area contributed by atoms with Crippen LogP contribution in [0.5, 0.6) is 0 Å². The second kappa shape index (κ2) is 2.11. The molecule has 0 unspecified atom stereocenters. The van der Waals surface area contributed by atoms with Crippen LogP contribution in [-0.4, -0.2) is 0 Å². The Morgan fingerprint density at radius 2 is 2.00 bits per heavy atom. The van der Waals surface area contributed by atoms with Crippen molar-refractivity contribution in [2.24, 2.45) is 5.84 Å². The van der Waals surface area contributed by atoms with Gasteiger partial charge in [0.25, 0.3) is 0 Å². The van der Waals surface area contributed by atoms with Crippen molar-refractivity contribution in [3.63, 3.8) is 0 Å². The van der Waals surface area contributed by atoms with E-state index in [1.807, 2.05) is 0 Å². The maximum Gasteiger partial charge on any atom is 0.217 e. The van der Waals surface area contributed by atoms with Crippen LogP contribution in [0.25, 0.3) is 10.4 Å². The fraction of sp³-hybridized carbons (Fsp3) is 0. The third-order valence-electron chi connectivity index (χ3n) is 0.0516. The van der Waals surface area contributed by atoms with Gasteiger partial charge in [-0.1, -0.05) is 0 Å². The summed E-state index contributed by atoms with van der Waals surface area (Å²) < 4.78 is 0. The minimum absolute atomic E-state index is 2.14. The molecule has 0 aliphatic carbocycles. The summed E-state index contributed by atoms with van der Waals surface area (Å²) in [5.41, 5.74) is 7.21. The predicted molar refractivity (Wildman–Crippen MR) is 13.0 cm³/mol. The molecule has 0 aliphatic rings. The van der Waals surface area contributed by atoms with Crippen molar-refractivity contribution in [2.45, 2.75) is 0 Å². The molecule has 0 aromatic heterocycles. The maximum absolute atomic E-state index is 7.21. The molecule has 0 spiro atoms. The molecule has 0 heterocycles. The first kappa shape index (κ1) is 3.11. The summed E-state index contributed by atoms with van der Waals surface area (Å²) >= 11 is 0. The number of rotatable bonds is 0. The Kier molecular flexibility index (Phi) is 1.64. The normalized spacial score (nSPS) is 4.00. The van der Waals surface area contributed by atoms with Crippen LogP contribution in [0, 0.1) is 0 Å². The lowest BCUT2D eigenvalue weighted by Crippen LogP contribution is -1.89. The number of hydrogen-bond donors (Lipinski definition) is 1. The van der Waals surface area contributed by atoms with E-state index in [0.29, 0.717) is 0 Å². The Morgan fingerprint density at radius 3 is 2.00 bits per heavy atom. The van der Waals surface area contributed by atoms with E-state index in [2.05, 4.69) is 16.0 Å². The van der Waals surface area contributed by atoms with Crippen molar-refractivity contribution in [3.05, 3.63) is 10.4 Å². The van der Waals surface area contributed by atoms with Gasteiger partial charge in [0.2, 0.25) is 10.8 Å². The first-order valence-electron chi connectivity index (χ1n) is 0.658. The zero-order valence-corrected chi connectivity index (χ0v) is 1.92. The molecule has 4 heteroatoms. The molecule has 0 bridgehead atoms. The highest BCUT2D eigenvalue weighted by molar-refractivity contribution is 4.24. The van der Waals surface area contributed by atoms with Crippen molar-refractivity contribution in [1.82, 2.24) is 5.22 Å². The molecule has 0 aromatic rings. The van der Waals surface area contributed by atoms with Gasteiger partial charge in [-0.2, -0.15) is 5.84 Å². The lowest BCUT2D eigenvalue weighted by Gasteiger charge is -1.24. The molecule has 0 atom stereocenters. The Labute approximate surface area is 22.8 Å². The summed E-state index contributed by atoms with van der Waals surface area (Å²) in [5.74, 6) is 4.24. The molecule has 0 fully saturated rings. The van der Waals surface area contributed by atoms with Gasteiger partial charge in [0, 0.05) is 0 Å². The van der Waals surface area contributed by atoms with Crippen LogP contribution >= 0.6 is 0 Å². The molecule has 1 radical (unpaired) electrons. The molecule has 0 aliphatic heterocycles. The first-order chi connectivity index (χ1) is 1.91. The molecule has 0 saturated carbocycles. The molecule has 0 aromatic carbocycles. The van der Waals surface area contributed by atoms with Crippen LogP contribution in [0.4, 0.5) is 0 Å². The Hall–Kier alpha value is -0.890. The summed E-state index contributed by atoms with van der Waals surface area (Å²) in [4.78, 5) is 2.14. The van der Waals surface area contributed by atoms with Crippen LogP contribution in [0.2, 0.25) is 0 Å². The topological polar surface area (TPSA) is 76.5 Å². The van der Waals surface area contributed by atoms with Gasteiger partial charge in [-0.05, 0) is 0 Å². The highest BCUT2D eigenvalue weighted by Crippen LogP contribution is 1.22. The highest BCUT2D eigenvalue weighted by atomic mass is 15.3. The quantitative estimate of drug-likeness (QED) is 0.132. The van der Waals surface area contributed by atoms with Gasteiger partial charge in [-0.3, -0.25) is 0 Å². The van der Waals surface area contributed by atoms with E-state index < -0.39 is 0 Å². The minimum atomic E-state index is 2.14. The largest absolute Gasteiger partial charge is 0.217 e. The van der Waals surface area contributed by atoms with Crippen LogP contribution in [-0.2, 0) is 0 Å². The molecule has 2 N–H and O–H groups in total. The molecule has 21 valence electrons.